The van der Waals surface area contributed by atoms with Crippen molar-refractivity contribution < 1.29 is 13.9 Å². The molecule has 0 aromatic heterocycles. The summed E-state index contributed by atoms with van der Waals surface area (Å²) < 4.78 is 18.8. The average molecular weight is 295 g/mol. The fraction of sp³-hybridized carbons (Fsp3) is 0.0714. The van der Waals surface area contributed by atoms with Gasteiger partial charge in [-0.3, -0.25) is 4.79 Å². The molecule has 20 heavy (non-hydrogen) atoms. The van der Waals surface area contributed by atoms with Gasteiger partial charge in [0.1, 0.15) is 5.75 Å². The summed E-state index contributed by atoms with van der Waals surface area (Å²) in [5.74, 6) is -0.654. The number of hydrogen-bond donors (Lipinski definition) is 2. The maximum absolute atomic E-state index is 13.6. The van der Waals surface area contributed by atoms with Gasteiger partial charge in [-0.25, -0.2) is 4.39 Å². The van der Waals surface area contributed by atoms with Crippen molar-refractivity contribution in [3.8, 4) is 5.75 Å². The van der Waals surface area contributed by atoms with Crippen molar-refractivity contribution >= 4 is 28.9 Å². The van der Waals surface area contributed by atoms with Crippen molar-refractivity contribution in [1.82, 2.24) is 0 Å². The van der Waals surface area contributed by atoms with Gasteiger partial charge in [0, 0.05) is 5.69 Å². The van der Waals surface area contributed by atoms with Crippen LogP contribution >= 0.6 is 11.6 Å². The van der Waals surface area contributed by atoms with E-state index in [1.807, 2.05) is 0 Å². The minimum Gasteiger partial charge on any atom is -0.484 e. The van der Waals surface area contributed by atoms with Crippen LogP contribution in [-0.4, -0.2) is 12.5 Å². The van der Waals surface area contributed by atoms with Crippen LogP contribution < -0.4 is 15.8 Å². The molecule has 0 saturated heterocycles. The average Bonchev–Trinajstić information content (AvgIpc) is 2.43. The molecule has 0 spiro atoms. The van der Waals surface area contributed by atoms with E-state index in [2.05, 4.69) is 5.32 Å². The monoisotopic (exact) mass is 294 g/mol. The van der Waals surface area contributed by atoms with Crippen molar-refractivity contribution in [2.24, 2.45) is 0 Å². The molecule has 0 heterocycles. The summed E-state index contributed by atoms with van der Waals surface area (Å²) in [6, 6.07) is 11.0. The van der Waals surface area contributed by atoms with E-state index in [4.69, 9.17) is 22.1 Å². The lowest BCUT2D eigenvalue weighted by molar-refractivity contribution is -0.118. The molecular formula is C14H12ClFN2O2. The Balaban J connectivity index is 1.92. The lowest BCUT2D eigenvalue weighted by Gasteiger charge is -2.09. The van der Waals surface area contributed by atoms with Crippen LogP contribution in [0.4, 0.5) is 15.8 Å². The molecule has 0 atom stereocenters. The molecule has 2 rings (SSSR count). The van der Waals surface area contributed by atoms with Crippen LogP contribution in [0.15, 0.2) is 42.5 Å². The van der Waals surface area contributed by atoms with E-state index in [-0.39, 0.29) is 17.3 Å². The summed E-state index contributed by atoms with van der Waals surface area (Å²) in [4.78, 5) is 11.6. The van der Waals surface area contributed by atoms with Crippen molar-refractivity contribution in [1.29, 1.82) is 0 Å². The van der Waals surface area contributed by atoms with Crippen LogP contribution in [0.2, 0.25) is 5.02 Å². The Morgan fingerprint density at radius 2 is 1.95 bits per heavy atom. The summed E-state index contributed by atoms with van der Waals surface area (Å²) in [5.41, 5.74) is 6.14. The molecule has 0 aliphatic rings. The Morgan fingerprint density at radius 1 is 1.25 bits per heavy atom. The van der Waals surface area contributed by atoms with Gasteiger partial charge in [0.05, 0.1) is 10.7 Å². The zero-order valence-electron chi connectivity index (χ0n) is 10.4. The fourth-order valence-corrected chi connectivity index (χ4v) is 1.67. The van der Waals surface area contributed by atoms with Gasteiger partial charge in [0.25, 0.3) is 5.91 Å². The minimum absolute atomic E-state index is 0.0170. The highest BCUT2D eigenvalue weighted by atomic mass is 35.5. The molecular weight excluding hydrogens is 283 g/mol. The summed E-state index contributed by atoms with van der Waals surface area (Å²) in [7, 11) is 0. The molecule has 0 aliphatic heterocycles. The maximum Gasteiger partial charge on any atom is 0.262 e. The third-order valence-corrected chi connectivity index (χ3v) is 2.77. The number of hydrogen-bond acceptors (Lipinski definition) is 3. The second-order valence-electron chi connectivity index (χ2n) is 4.01. The normalized spacial score (nSPS) is 10.1. The number of nitrogen functional groups attached to an aromatic ring is 1. The van der Waals surface area contributed by atoms with Crippen molar-refractivity contribution in [3.05, 3.63) is 53.3 Å². The molecule has 104 valence electrons. The summed E-state index contributed by atoms with van der Waals surface area (Å²) >= 11 is 5.62. The summed E-state index contributed by atoms with van der Waals surface area (Å²) in [6.07, 6.45) is 0. The van der Waals surface area contributed by atoms with Crippen LogP contribution in [0.3, 0.4) is 0 Å². The highest BCUT2D eigenvalue weighted by Crippen LogP contribution is 2.22. The number of anilines is 2. The molecule has 4 nitrogen and oxygen atoms in total. The molecule has 0 saturated carbocycles. The number of rotatable bonds is 4. The van der Waals surface area contributed by atoms with Gasteiger partial charge in [-0.2, -0.15) is 0 Å². The Bertz CT molecular complexity index is 617. The number of nitrogens with one attached hydrogen (secondary N) is 1. The van der Waals surface area contributed by atoms with E-state index >= 15 is 0 Å². The SMILES string of the molecule is Nc1ccc(OCC(=O)Nc2cccc(Cl)c2F)cc1. The van der Waals surface area contributed by atoms with Gasteiger partial charge >= 0.3 is 0 Å². The van der Waals surface area contributed by atoms with E-state index in [9.17, 15) is 9.18 Å². The lowest BCUT2D eigenvalue weighted by Crippen LogP contribution is -2.20. The third-order valence-electron chi connectivity index (χ3n) is 2.48. The van der Waals surface area contributed by atoms with Gasteiger partial charge in [-0.1, -0.05) is 17.7 Å². The standard InChI is InChI=1S/C14H12ClFN2O2/c15-11-2-1-3-12(14(11)16)18-13(19)8-20-10-6-4-9(17)5-7-10/h1-7H,8,17H2,(H,18,19). The van der Waals surface area contributed by atoms with Crippen molar-refractivity contribution in [2.45, 2.75) is 0 Å². The topological polar surface area (TPSA) is 64.3 Å². The smallest absolute Gasteiger partial charge is 0.262 e. The Hall–Kier alpha value is -2.27. The molecule has 0 fully saturated rings. The summed E-state index contributed by atoms with van der Waals surface area (Å²) in [5, 5.41) is 2.33. The molecule has 6 heteroatoms. The number of nitrogens with two attached hydrogens (primary N) is 1. The predicted octanol–water partition coefficient (Wildman–Crippen LogP) is 3.08. The van der Waals surface area contributed by atoms with E-state index < -0.39 is 11.7 Å². The zero-order chi connectivity index (χ0) is 14.5. The Labute approximate surface area is 120 Å². The molecule has 0 unspecified atom stereocenters. The number of carbonyl (C=O) groups excluding carboxylic acids is 1. The molecule has 0 aliphatic carbocycles. The summed E-state index contributed by atoms with van der Waals surface area (Å²) in [6.45, 7) is -0.240. The maximum atomic E-state index is 13.6. The number of amides is 1. The van der Waals surface area contributed by atoms with Gasteiger partial charge in [-0.05, 0) is 36.4 Å². The Kier molecular flexibility index (Phi) is 4.42. The zero-order valence-corrected chi connectivity index (χ0v) is 11.2. The minimum atomic E-state index is -0.671. The van der Waals surface area contributed by atoms with E-state index in [0.29, 0.717) is 11.4 Å². The lowest BCUT2D eigenvalue weighted by atomic mass is 10.3. The highest BCUT2D eigenvalue weighted by Gasteiger charge is 2.10. The first-order valence-electron chi connectivity index (χ1n) is 5.78. The highest BCUT2D eigenvalue weighted by molar-refractivity contribution is 6.31. The first-order valence-corrected chi connectivity index (χ1v) is 6.16. The van der Waals surface area contributed by atoms with Crippen molar-refractivity contribution in [2.75, 3.05) is 17.7 Å². The van der Waals surface area contributed by atoms with Crippen LogP contribution in [0.25, 0.3) is 0 Å². The van der Waals surface area contributed by atoms with Gasteiger partial charge < -0.3 is 15.8 Å². The van der Waals surface area contributed by atoms with Crippen LogP contribution in [0, 0.1) is 5.82 Å². The fourth-order valence-electron chi connectivity index (χ4n) is 1.50. The number of halogens is 2. The van der Waals surface area contributed by atoms with Crippen LogP contribution in [-0.2, 0) is 4.79 Å². The van der Waals surface area contributed by atoms with E-state index in [1.165, 1.54) is 12.1 Å². The largest absolute Gasteiger partial charge is 0.484 e. The first-order chi connectivity index (χ1) is 9.56. The van der Waals surface area contributed by atoms with Crippen LogP contribution in [0.1, 0.15) is 0 Å². The van der Waals surface area contributed by atoms with E-state index in [0.717, 1.165) is 0 Å². The Morgan fingerprint density at radius 3 is 2.65 bits per heavy atom. The first kappa shape index (κ1) is 14.1. The number of benzene rings is 2. The van der Waals surface area contributed by atoms with Gasteiger partial charge in [0.2, 0.25) is 0 Å². The van der Waals surface area contributed by atoms with E-state index in [1.54, 1.807) is 30.3 Å². The van der Waals surface area contributed by atoms with Crippen LogP contribution in [0.5, 0.6) is 5.75 Å². The molecule has 0 bridgehead atoms. The van der Waals surface area contributed by atoms with Gasteiger partial charge in [-0.15, -0.1) is 0 Å². The quantitative estimate of drug-likeness (QED) is 0.852. The number of carbonyl (C=O) groups is 1. The van der Waals surface area contributed by atoms with Crippen molar-refractivity contribution in [3.63, 3.8) is 0 Å². The molecule has 1 amide bonds. The molecule has 3 N–H and O–H groups in total. The second kappa shape index (κ2) is 6.25. The van der Waals surface area contributed by atoms with Gasteiger partial charge in [0.15, 0.2) is 12.4 Å². The second-order valence-corrected chi connectivity index (χ2v) is 4.41. The third kappa shape index (κ3) is 3.61. The molecule has 0 radical (unpaired) electrons. The molecule has 2 aromatic carbocycles. The predicted molar refractivity (Wildman–Crippen MR) is 76.4 cm³/mol. The number of ether oxygens (including phenoxy) is 1. The molecule has 2 aromatic rings.